The molecule has 0 aromatic heterocycles. The molecular formula is C3H5BrZn-. The molecule has 27 valence electrons. The summed E-state index contributed by atoms with van der Waals surface area (Å²) in [6.45, 7) is 0. The molecule has 1 radical (unpaired) electrons. The molecule has 0 spiro atoms. The summed E-state index contributed by atoms with van der Waals surface area (Å²) in [6.07, 6.45) is 5.00. The summed E-state index contributed by atoms with van der Waals surface area (Å²) in [5.74, 6) is 0. The van der Waals surface area contributed by atoms with Gasteiger partial charge >= 0.3 is 0 Å². The maximum Gasteiger partial charge on any atom is 0 e. The van der Waals surface area contributed by atoms with Gasteiger partial charge in [0.15, 0.2) is 0 Å². The zero-order valence-electron chi connectivity index (χ0n) is 3.08. The van der Waals surface area contributed by atoms with Gasteiger partial charge in [-0.25, -0.2) is 0 Å². The van der Waals surface area contributed by atoms with E-state index < -0.39 is 0 Å². The smallest absolute Gasteiger partial charge is 0 e. The van der Waals surface area contributed by atoms with Crippen molar-refractivity contribution in [3.05, 3.63) is 6.42 Å². The summed E-state index contributed by atoms with van der Waals surface area (Å²) in [7, 11) is 0. The van der Waals surface area contributed by atoms with E-state index in [-0.39, 0.29) is 36.5 Å². The molecule has 0 amide bonds. The van der Waals surface area contributed by atoms with E-state index >= 15 is 0 Å². The second-order valence-corrected chi connectivity index (χ2v) is 0.866. The summed E-state index contributed by atoms with van der Waals surface area (Å²) in [5, 5.41) is 0. The van der Waals surface area contributed by atoms with Crippen LogP contribution in [0.5, 0.6) is 0 Å². The van der Waals surface area contributed by atoms with E-state index in [0.717, 1.165) is 0 Å². The minimum Gasteiger partial charge on any atom is -1.00 e. The molecule has 5 heavy (non-hydrogen) atoms. The molecule has 0 heterocycles. The molecule has 1 fully saturated rings. The van der Waals surface area contributed by atoms with Crippen molar-refractivity contribution in [2.75, 3.05) is 0 Å². The van der Waals surface area contributed by atoms with Crippen LogP contribution in [-0.4, -0.2) is 0 Å². The van der Waals surface area contributed by atoms with Crippen molar-refractivity contribution in [2.45, 2.75) is 12.8 Å². The topological polar surface area (TPSA) is 0 Å². The Morgan fingerprint density at radius 3 is 1.40 bits per heavy atom. The van der Waals surface area contributed by atoms with Gasteiger partial charge in [-0.3, -0.25) is 0 Å². The van der Waals surface area contributed by atoms with Gasteiger partial charge in [0.25, 0.3) is 0 Å². The Balaban J connectivity index is 0. The molecule has 1 saturated carbocycles. The Labute approximate surface area is 55.9 Å². The van der Waals surface area contributed by atoms with E-state index in [2.05, 4.69) is 6.42 Å². The Morgan fingerprint density at radius 2 is 1.40 bits per heavy atom. The third-order valence-corrected chi connectivity index (χ3v) is 0.289. The van der Waals surface area contributed by atoms with Crippen molar-refractivity contribution in [1.82, 2.24) is 0 Å². The Hall–Kier alpha value is 1.10. The van der Waals surface area contributed by atoms with Gasteiger partial charge in [-0.2, -0.15) is 0 Å². The maximum absolute atomic E-state index is 2.25. The van der Waals surface area contributed by atoms with Gasteiger partial charge in [0, 0.05) is 19.5 Å². The number of hydrogen-bond donors (Lipinski definition) is 0. The van der Waals surface area contributed by atoms with Crippen LogP contribution < -0.4 is 17.0 Å². The van der Waals surface area contributed by atoms with Crippen LogP contribution in [0.1, 0.15) is 12.8 Å². The molecule has 0 bridgehead atoms. The van der Waals surface area contributed by atoms with Crippen LogP contribution in [-0.2, 0) is 19.5 Å². The third-order valence-electron chi connectivity index (χ3n) is 0.289. The number of hydrogen-bond acceptors (Lipinski definition) is 0. The van der Waals surface area contributed by atoms with Gasteiger partial charge in [0.1, 0.15) is 0 Å². The van der Waals surface area contributed by atoms with Crippen LogP contribution in [0.15, 0.2) is 0 Å². The van der Waals surface area contributed by atoms with Crippen molar-refractivity contribution in [3.63, 3.8) is 0 Å². The molecule has 0 saturated heterocycles. The van der Waals surface area contributed by atoms with Gasteiger partial charge < -0.3 is 17.0 Å². The Bertz CT molecular complexity index is 11.6. The first-order valence-corrected chi connectivity index (χ1v) is 1.32. The molecule has 0 unspecified atom stereocenters. The van der Waals surface area contributed by atoms with E-state index in [9.17, 15) is 0 Å². The molecule has 1 aliphatic rings. The molecule has 0 aliphatic heterocycles. The maximum atomic E-state index is 2.25. The number of rotatable bonds is 0. The van der Waals surface area contributed by atoms with Crippen LogP contribution in [0, 0.1) is 6.42 Å². The SMILES string of the molecule is [Br-].[CH]1CC1.[Zn]. The summed E-state index contributed by atoms with van der Waals surface area (Å²) in [6, 6.07) is 0. The van der Waals surface area contributed by atoms with E-state index in [1.807, 2.05) is 0 Å². The van der Waals surface area contributed by atoms with Crippen LogP contribution in [0.25, 0.3) is 0 Å². The van der Waals surface area contributed by atoms with Crippen LogP contribution in [0.4, 0.5) is 0 Å². The van der Waals surface area contributed by atoms with Crippen LogP contribution >= 0.6 is 0 Å². The molecule has 2 heteroatoms. The van der Waals surface area contributed by atoms with Crippen molar-refractivity contribution in [3.8, 4) is 0 Å². The molecule has 0 aromatic rings. The van der Waals surface area contributed by atoms with Crippen molar-refractivity contribution in [2.24, 2.45) is 0 Å². The van der Waals surface area contributed by atoms with Gasteiger partial charge in [-0.05, 0) is 19.3 Å². The zero-order valence-corrected chi connectivity index (χ0v) is 7.63. The van der Waals surface area contributed by atoms with Crippen LogP contribution in [0.2, 0.25) is 0 Å². The van der Waals surface area contributed by atoms with Gasteiger partial charge in [0.05, 0.1) is 0 Å². The van der Waals surface area contributed by atoms with E-state index in [4.69, 9.17) is 0 Å². The fourth-order valence-electron chi connectivity index (χ4n) is 0. The summed E-state index contributed by atoms with van der Waals surface area (Å²) >= 11 is 0. The average molecular weight is 186 g/mol. The predicted molar refractivity (Wildman–Crippen MR) is 13.5 cm³/mol. The largest absolute Gasteiger partial charge is 1.00 e. The van der Waals surface area contributed by atoms with Gasteiger partial charge in [-0.15, -0.1) is 0 Å². The van der Waals surface area contributed by atoms with Crippen molar-refractivity contribution < 1.29 is 36.5 Å². The average Bonchev–Trinajstić information content (AvgIpc) is 1.46. The Morgan fingerprint density at radius 1 is 1.20 bits per heavy atom. The van der Waals surface area contributed by atoms with E-state index in [1.54, 1.807) is 0 Å². The monoisotopic (exact) mass is 184 g/mol. The van der Waals surface area contributed by atoms with Crippen molar-refractivity contribution >= 4 is 0 Å². The third kappa shape index (κ3) is 11.1. The van der Waals surface area contributed by atoms with Crippen LogP contribution in [0.3, 0.4) is 0 Å². The predicted octanol–water partition coefficient (Wildman–Crippen LogP) is -2.01. The molecule has 0 nitrogen and oxygen atoms in total. The standard InChI is InChI=1S/C3H5.BrH.Zn/c1-2-3-1;;/h1H,2-3H2;1H;/p-1. The first-order chi connectivity index (χ1) is 1.50. The minimum atomic E-state index is 0. The molecule has 0 N–H and O–H groups in total. The zero-order chi connectivity index (χ0) is 2.12. The van der Waals surface area contributed by atoms with E-state index in [0.29, 0.717) is 0 Å². The van der Waals surface area contributed by atoms with Gasteiger partial charge in [0.2, 0.25) is 0 Å². The first kappa shape index (κ1) is 9.44. The fraction of sp³-hybridized carbons (Fsp3) is 0.667. The van der Waals surface area contributed by atoms with Gasteiger partial charge in [-0.1, -0.05) is 0 Å². The summed E-state index contributed by atoms with van der Waals surface area (Å²) in [4.78, 5) is 0. The summed E-state index contributed by atoms with van der Waals surface area (Å²) < 4.78 is 0. The second-order valence-electron chi connectivity index (χ2n) is 0.866. The van der Waals surface area contributed by atoms with Crippen molar-refractivity contribution in [1.29, 1.82) is 0 Å². The molecule has 1 aliphatic carbocycles. The number of halogens is 1. The fourth-order valence-corrected chi connectivity index (χ4v) is 0. The second kappa shape index (κ2) is 5.10. The normalized spacial score (nSPS) is 14.4. The van der Waals surface area contributed by atoms with E-state index in [1.165, 1.54) is 12.8 Å². The molecular weight excluding hydrogens is 181 g/mol. The minimum absolute atomic E-state index is 0. The summed E-state index contributed by atoms with van der Waals surface area (Å²) in [5.41, 5.74) is 0. The Kier molecular flexibility index (Phi) is 9.64. The quantitative estimate of drug-likeness (QED) is 0.383. The molecule has 0 aromatic carbocycles. The first-order valence-electron chi connectivity index (χ1n) is 1.32. The molecule has 0 atom stereocenters. The molecule has 1 rings (SSSR count).